The summed E-state index contributed by atoms with van der Waals surface area (Å²) in [6.45, 7) is 4.74. The van der Waals surface area contributed by atoms with Gasteiger partial charge in [0, 0.05) is 36.9 Å². The fourth-order valence-corrected chi connectivity index (χ4v) is 4.64. The van der Waals surface area contributed by atoms with Crippen LogP contribution in [0.2, 0.25) is 0 Å². The molecule has 0 N–H and O–H groups in total. The number of piperidine rings is 1. The Morgan fingerprint density at radius 3 is 2.45 bits per heavy atom. The van der Waals surface area contributed by atoms with Crippen LogP contribution in [0.3, 0.4) is 0 Å². The number of likely N-dealkylation sites (tertiary alicyclic amines) is 1. The van der Waals surface area contributed by atoms with E-state index in [9.17, 15) is 4.79 Å². The minimum absolute atomic E-state index is 0.0512. The molecule has 1 amide bonds. The summed E-state index contributed by atoms with van der Waals surface area (Å²) in [5.74, 6) is -0.432. The number of aryl methyl sites for hydroxylation is 1. The number of hydrogen-bond acceptors (Lipinski definition) is 4. The quantitative estimate of drug-likeness (QED) is 0.611. The van der Waals surface area contributed by atoms with Crippen LogP contribution in [0.5, 0.6) is 0 Å². The number of fused-ring (bicyclic) bond motifs is 1. The van der Waals surface area contributed by atoms with Gasteiger partial charge in [0.25, 0.3) is 5.91 Å². The maximum Gasteiger partial charge on any atom is 0.254 e. The monoisotopic (exact) mass is 416 g/mol. The van der Waals surface area contributed by atoms with Crippen molar-refractivity contribution in [2.75, 3.05) is 26.3 Å². The summed E-state index contributed by atoms with van der Waals surface area (Å²) < 4.78 is 11.6. The highest BCUT2D eigenvalue weighted by atomic mass is 16.7. The third-order valence-electron chi connectivity index (χ3n) is 6.36. The number of para-hydroxylation sites is 1. The van der Waals surface area contributed by atoms with Crippen LogP contribution in [0.1, 0.15) is 42.1 Å². The van der Waals surface area contributed by atoms with E-state index >= 15 is 0 Å². The van der Waals surface area contributed by atoms with E-state index in [1.54, 1.807) is 0 Å². The molecule has 5 nitrogen and oxygen atoms in total. The van der Waals surface area contributed by atoms with Crippen LogP contribution in [-0.2, 0) is 15.9 Å². The molecule has 0 aliphatic carbocycles. The van der Waals surface area contributed by atoms with Crippen LogP contribution in [0.25, 0.3) is 22.2 Å². The molecule has 2 aliphatic heterocycles. The zero-order valence-corrected chi connectivity index (χ0v) is 18.0. The van der Waals surface area contributed by atoms with Gasteiger partial charge in [-0.25, -0.2) is 4.98 Å². The van der Waals surface area contributed by atoms with Crippen molar-refractivity contribution in [1.82, 2.24) is 9.88 Å². The van der Waals surface area contributed by atoms with Crippen molar-refractivity contribution in [2.24, 2.45) is 0 Å². The summed E-state index contributed by atoms with van der Waals surface area (Å²) in [5.41, 5.74) is 4.74. The summed E-state index contributed by atoms with van der Waals surface area (Å²) in [4.78, 5) is 20.3. The normalized spacial score (nSPS) is 18.0. The van der Waals surface area contributed by atoms with Gasteiger partial charge in [0.05, 0.1) is 30.0 Å². The van der Waals surface area contributed by atoms with E-state index in [-0.39, 0.29) is 5.91 Å². The predicted molar refractivity (Wildman–Crippen MR) is 121 cm³/mol. The highest BCUT2D eigenvalue weighted by molar-refractivity contribution is 6.07. The van der Waals surface area contributed by atoms with E-state index in [1.807, 2.05) is 35.2 Å². The first-order valence-corrected chi connectivity index (χ1v) is 11.2. The lowest BCUT2D eigenvalue weighted by molar-refractivity contribution is -0.181. The van der Waals surface area contributed by atoms with Gasteiger partial charge in [-0.15, -0.1) is 0 Å². The summed E-state index contributed by atoms with van der Waals surface area (Å²) in [7, 11) is 0. The SMILES string of the molecule is CCCc1ccc(-c2cc(C(=O)N3CCC4(CC3)OCCO4)c3ccccc3n2)cc1. The molecule has 1 spiro atoms. The summed E-state index contributed by atoms with van der Waals surface area (Å²) in [6.07, 6.45) is 3.62. The Morgan fingerprint density at radius 2 is 1.74 bits per heavy atom. The Kier molecular flexibility index (Phi) is 5.47. The van der Waals surface area contributed by atoms with Crippen molar-refractivity contribution in [3.05, 3.63) is 65.7 Å². The molecule has 2 saturated heterocycles. The predicted octanol–water partition coefficient (Wildman–Crippen LogP) is 4.83. The number of pyridine rings is 1. The van der Waals surface area contributed by atoms with Crippen LogP contribution in [0.15, 0.2) is 54.6 Å². The lowest BCUT2D eigenvalue weighted by atomic mass is 9.99. The van der Waals surface area contributed by atoms with Crippen molar-refractivity contribution >= 4 is 16.8 Å². The number of ether oxygens (including phenoxy) is 2. The molecule has 2 aliphatic rings. The van der Waals surface area contributed by atoms with Gasteiger partial charge < -0.3 is 14.4 Å². The molecule has 0 saturated carbocycles. The van der Waals surface area contributed by atoms with Crippen molar-refractivity contribution in [1.29, 1.82) is 0 Å². The van der Waals surface area contributed by atoms with Gasteiger partial charge >= 0.3 is 0 Å². The lowest BCUT2D eigenvalue weighted by Crippen LogP contribution is -2.47. The van der Waals surface area contributed by atoms with E-state index in [0.717, 1.165) is 35.0 Å². The van der Waals surface area contributed by atoms with E-state index in [0.29, 0.717) is 44.7 Å². The molecule has 5 rings (SSSR count). The number of amides is 1. The van der Waals surface area contributed by atoms with Crippen molar-refractivity contribution < 1.29 is 14.3 Å². The first-order chi connectivity index (χ1) is 15.2. The standard InChI is InChI=1S/C26H28N2O3/c1-2-5-19-8-10-20(11-9-19)24-18-22(21-6-3-4-7-23(21)27-24)25(29)28-14-12-26(13-15-28)30-16-17-31-26/h3-4,6-11,18H,2,5,12-17H2,1H3. The van der Waals surface area contributed by atoms with Crippen molar-refractivity contribution in [3.8, 4) is 11.3 Å². The van der Waals surface area contributed by atoms with Gasteiger partial charge in [-0.1, -0.05) is 55.8 Å². The number of nitrogens with zero attached hydrogens (tertiary/aromatic N) is 2. The molecule has 0 atom stereocenters. The van der Waals surface area contributed by atoms with E-state index in [2.05, 4.69) is 31.2 Å². The maximum absolute atomic E-state index is 13.6. The van der Waals surface area contributed by atoms with Gasteiger partial charge in [0.15, 0.2) is 5.79 Å². The second kappa shape index (κ2) is 8.40. The Morgan fingerprint density at radius 1 is 1.03 bits per heavy atom. The van der Waals surface area contributed by atoms with Crippen LogP contribution in [0, 0.1) is 0 Å². The minimum atomic E-state index is -0.484. The third-order valence-corrected chi connectivity index (χ3v) is 6.36. The van der Waals surface area contributed by atoms with E-state index in [1.165, 1.54) is 5.56 Å². The van der Waals surface area contributed by atoms with Crippen LogP contribution < -0.4 is 0 Å². The van der Waals surface area contributed by atoms with Gasteiger partial charge in [-0.2, -0.15) is 0 Å². The number of carbonyl (C=O) groups excluding carboxylic acids is 1. The van der Waals surface area contributed by atoms with Gasteiger partial charge in [0.2, 0.25) is 0 Å². The molecule has 2 aromatic carbocycles. The topological polar surface area (TPSA) is 51.7 Å². The fourth-order valence-electron chi connectivity index (χ4n) is 4.64. The van der Waals surface area contributed by atoms with Crippen LogP contribution in [0.4, 0.5) is 0 Å². The molecule has 3 heterocycles. The average Bonchev–Trinajstić information content (AvgIpc) is 3.27. The molecule has 0 unspecified atom stereocenters. The molecule has 3 aromatic rings. The van der Waals surface area contributed by atoms with Gasteiger partial charge in [0.1, 0.15) is 0 Å². The summed E-state index contributed by atoms with van der Waals surface area (Å²) in [6, 6.07) is 18.4. The number of rotatable bonds is 4. The third kappa shape index (κ3) is 3.95. The summed E-state index contributed by atoms with van der Waals surface area (Å²) in [5, 5.41) is 0.896. The molecule has 1 aromatic heterocycles. The second-order valence-corrected chi connectivity index (χ2v) is 8.42. The first kappa shape index (κ1) is 20.2. The largest absolute Gasteiger partial charge is 0.347 e. The molecule has 0 radical (unpaired) electrons. The Labute approximate surface area is 183 Å². The number of carbonyl (C=O) groups is 1. The molecule has 160 valence electrons. The number of benzene rings is 2. The highest BCUT2D eigenvalue weighted by Gasteiger charge is 2.41. The molecule has 0 bridgehead atoms. The Balaban J connectivity index is 1.46. The van der Waals surface area contributed by atoms with E-state index in [4.69, 9.17) is 14.5 Å². The zero-order valence-electron chi connectivity index (χ0n) is 18.0. The molecule has 31 heavy (non-hydrogen) atoms. The Bertz CT molecular complexity index is 1080. The second-order valence-electron chi connectivity index (χ2n) is 8.42. The first-order valence-electron chi connectivity index (χ1n) is 11.2. The number of hydrogen-bond donors (Lipinski definition) is 0. The fraction of sp³-hybridized carbons (Fsp3) is 0.385. The molecular weight excluding hydrogens is 388 g/mol. The Hall–Kier alpha value is -2.76. The van der Waals surface area contributed by atoms with Crippen LogP contribution in [-0.4, -0.2) is 47.9 Å². The highest BCUT2D eigenvalue weighted by Crippen LogP contribution is 2.33. The van der Waals surface area contributed by atoms with Crippen LogP contribution >= 0.6 is 0 Å². The maximum atomic E-state index is 13.6. The van der Waals surface area contributed by atoms with E-state index < -0.39 is 5.79 Å². The molecular formula is C26H28N2O3. The average molecular weight is 417 g/mol. The smallest absolute Gasteiger partial charge is 0.254 e. The number of aromatic nitrogens is 1. The molecule has 5 heteroatoms. The molecule has 2 fully saturated rings. The van der Waals surface area contributed by atoms with Crippen molar-refractivity contribution in [2.45, 2.75) is 38.4 Å². The minimum Gasteiger partial charge on any atom is -0.347 e. The zero-order chi connectivity index (χ0) is 21.3. The van der Waals surface area contributed by atoms with Gasteiger partial charge in [-0.3, -0.25) is 4.79 Å². The van der Waals surface area contributed by atoms with Gasteiger partial charge in [-0.05, 0) is 24.1 Å². The summed E-state index contributed by atoms with van der Waals surface area (Å²) >= 11 is 0. The van der Waals surface area contributed by atoms with Crippen molar-refractivity contribution in [3.63, 3.8) is 0 Å². The lowest BCUT2D eigenvalue weighted by Gasteiger charge is -2.37.